The minimum Gasteiger partial charge on any atom is -0.490 e. The molecule has 0 fully saturated rings. The number of para-hydroxylation sites is 1. The third-order valence-corrected chi connectivity index (χ3v) is 4.78. The summed E-state index contributed by atoms with van der Waals surface area (Å²) in [5, 5.41) is 0. The number of carbonyl (C=O) groups is 2. The van der Waals surface area contributed by atoms with Gasteiger partial charge in [-0.15, -0.1) is 0 Å². The van der Waals surface area contributed by atoms with Crippen LogP contribution in [0.1, 0.15) is 55.5 Å². The summed E-state index contributed by atoms with van der Waals surface area (Å²) in [6.45, 7) is 10.1. The Hall–Kier alpha value is -3.28. The van der Waals surface area contributed by atoms with E-state index in [1.165, 1.54) is 0 Å². The highest BCUT2D eigenvalue weighted by Crippen LogP contribution is 2.29. The number of rotatable bonds is 10. The Labute approximate surface area is 178 Å². The third-order valence-electron chi connectivity index (χ3n) is 4.78. The number of benzene rings is 2. The number of hydrogen-bond donors (Lipinski definition) is 2. The van der Waals surface area contributed by atoms with Gasteiger partial charge in [0.15, 0.2) is 6.10 Å². The number of hydrogen-bond acceptors (Lipinski definition) is 4. The summed E-state index contributed by atoms with van der Waals surface area (Å²) in [7, 11) is 0. The molecular formula is C24H30N2O4. The molecule has 0 aliphatic heterocycles. The highest BCUT2D eigenvalue weighted by atomic mass is 16.5. The minimum absolute atomic E-state index is 0.319. The van der Waals surface area contributed by atoms with Gasteiger partial charge in [-0.3, -0.25) is 20.4 Å². The number of amides is 2. The van der Waals surface area contributed by atoms with Crippen molar-refractivity contribution in [3.05, 3.63) is 72.3 Å². The summed E-state index contributed by atoms with van der Waals surface area (Å²) >= 11 is 0. The van der Waals surface area contributed by atoms with Gasteiger partial charge in [0.25, 0.3) is 11.8 Å². The van der Waals surface area contributed by atoms with E-state index in [0.717, 1.165) is 12.0 Å². The predicted molar refractivity (Wildman–Crippen MR) is 118 cm³/mol. The molecule has 2 amide bonds. The number of hydrazine groups is 1. The lowest BCUT2D eigenvalue weighted by Gasteiger charge is -2.21. The zero-order valence-corrected chi connectivity index (χ0v) is 17.8. The number of carbonyl (C=O) groups excluding carboxylic acids is 2. The van der Waals surface area contributed by atoms with Gasteiger partial charge >= 0.3 is 0 Å². The SMILES string of the molecule is C=CCOc1ccc(C(=O)NNC(=O)C(CC)Oc2ccccc2C(C)CC)cc1. The Bertz CT molecular complexity index is 849. The zero-order chi connectivity index (χ0) is 21.9. The van der Waals surface area contributed by atoms with E-state index >= 15 is 0 Å². The maximum absolute atomic E-state index is 12.6. The van der Waals surface area contributed by atoms with Gasteiger partial charge in [0.2, 0.25) is 0 Å². The molecule has 0 aliphatic rings. The van der Waals surface area contributed by atoms with Crippen LogP contribution in [0.2, 0.25) is 0 Å². The van der Waals surface area contributed by atoms with Crippen LogP contribution in [0.3, 0.4) is 0 Å². The molecule has 0 saturated heterocycles. The normalized spacial score (nSPS) is 12.4. The summed E-state index contributed by atoms with van der Waals surface area (Å²) in [5.74, 6) is 0.814. The van der Waals surface area contributed by atoms with Crippen molar-refractivity contribution < 1.29 is 19.1 Å². The van der Waals surface area contributed by atoms with Crippen molar-refractivity contribution in [1.82, 2.24) is 10.9 Å². The van der Waals surface area contributed by atoms with Crippen molar-refractivity contribution in [3.63, 3.8) is 0 Å². The fourth-order valence-electron chi connectivity index (χ4n) is 2.82. The Balaban J connectivity index is 1.96. The first-order valence-electron chi connectivity index (χ1n) is 10.2. The van der Waals surface area contributed by atoms with Crippen molar-refractivity contribution in [2.24, 2.45) is 0 Å². The summed E-state index contributed by atoms with van der Waals surface area (Å²) < 4.78 is 11.4. The van der Waals surface area contributed by atoms with Gasteiger partial charge in [-0.1, -0.05) is 51.6 Å². The molecule has 2 aromatic rings. The van der Waals surface area contributed by atoms with Crippen LogP contribution < -0.4 is 20.3 Å². The van der Waals surface area contributed by atoms with E-state index in [9.17, 15) is 9.59 Å². The van der Waals surface area contributed by atoms with Crippen LogP contribution >= 0.6 is 0 Å². The molecule has 160 valence electrons. The maximum Gasteiger partial charge on any atom is 0.279 e. The molecule has 2 N–H and O–H groups in total. The van der Waals surface area contributed by atoms with E-state index in [-0.39, 0.29) is 0 Å². The van der Waals surface area contributed by atoms with Crippen LogP contribution in [0.5, 0.6) is 11.5 Å². The zero-order valence-electron chi connectivity index (χ0n) is 17.8. The van der Waals surface area contributed by atoms with E-state index in [1.54, 1.807) is 30.3 Å². The molecular weight excluding hydrogens is 380 g/mol. The van der Waals surface area contributed by atoms with E-state index in [1.807, 2.05) is 31.2 Å². The highest BCUT2D eigenvalue weighted by Gasteiger charge is 2.21. The van der Waals surface area contributed by atoms with Crippen molar-refractivity contribution >= 4 is 11.8 Å². The number of nitrogens with one attached hydrogen (secondary N) is 2. The first-order valence-corrected chi connectivity index (χ1v) is 10.2. The molecule has 6 heteroatoms. The van der Waals surface area contributed by atoms with Crippen molar-refractivity contribution in [2.45, 2.75) is 45.6 Å². The molecule has 0 heterocycles. The maximum atomic E-state index is 12.6. The van der Waals surface area contributed by atoms with Crippen molar-refractivity contribution in [1.29, 1.82) is 0 Å². The Morgan fingerprint density at radius 3 is 2.37 bits per heavy atom. The average molecular weight is 411 g/mol. The smallest absolute Gasteiger partial charge is 0.279 e. The second kappa shape index (κ2) is 11.7. The standard InChI is InChI=1S/C24H30N2O4/c1-5-16-29-19-14-12-18(13-15-19)23(27)25-26-24(28)21(7-3)30-22-11-9-8-10-20(22)17(4)6-2/h5,8-15,17,21H,1,6-7,16H2,2-4H3,(H,25,27)(H,26,28). The summed E-state index contributed by atoms with van der Waals surface area (Å²) in [5.41, 5.74) is 6.36. The molecule has 0 aromatic heterocycles. The highest BCUT2D eigenvalue weighted by molar-refractivity contribution is 5.95. The Morgan fingerprint density at radius 1 is 1.03 bits per heavy atom. The molecule has 0 bridgehead atoms. The van der Waals surface area contributed by atoms with Crippen molar-refractivity contribution in [3.8, 4) is 11.5 Å². The third kappa shape index (κ3) is 6.37. The molecule has 0 saturated carbocycles. The molecule has 0 radical (unpaired) electrons. The van der Waals surface area contributed by atoms with Crippen LogP contribution in [0.15, 0.2) is 61.2 Å². The van der Waals surface area contributed by atoms with E-state index in [2.05, 4.69) is 31.3 Å². The number of ether oxygens (including phenoxy) is 2. The van der Waals surface area contributed by atoms with Crippen LogP contribution in [0.25, 0.3) is 0 Å². The molecule has 2 aromatic carbocycles. The molecule has 6 nitrogen and oxygen atoms in total. The molecule has 30 heavy (non-hydrogen) atoms. The largest absolute Gasteiger partial charge is 0.490 e. The average Bonchev–Trinajstić information content (AvgIpc) is 2.79. The second-order valence-corrected chi connectivity index (χ2v) is 6.93. The summed E-state index contributed by atoms with van der Waals surface area (Å²) in [6, 6.07) is 14.3. The predicted octanol–water partition coefficient (Wildman–Crippen LogP) is 4.38. The molecule has 2 unspecified atom stereocenters. The van der Waals surface area contributed by atoms with Gasteiger partial charge in [-0.05, 0) is 54.7 Å². The van der Waals surface area contributed by atoms with Crippen molar-refractivity contribution in [2.75, 3.05) is 6.61 Å². The fraction of sp³-hybridized carbons (Fsp3) is 0.333. The lowest BCUT2D eigenvalue weighted by atomic mass is 9.98. The first kappa shape index (κ1) is 23.0. The van der Waals surface area contributed by atoms with E-state index in [0.29, 0.717) is 36.0 Å². The van der Waals surface area contributed by atoms with Crippen LogP contribution in [0, 0.1) is 0 Å². The Kier molecular flexibility index (Phi) is 8.94. The quantitative estimate of drug-likeness (QED) is 0.450. The van der Waals surface area contributed by atoms with Crippen LogP contribution in [-0.4, -0.2) is 24.5 Å². The van der Waals surface area contributed by atoms with Gasteiger partial charge in [0, 0.05) is 5.56 Å². The summed E-state index contributed by atoms with van der Waals surface area (Å²) in [6.07, 6.45) is 2.36. The van der Waals surface area contributed by atoms with Crippen LogP contribution in [0.4, 0.5) is 0 Å². The van der Waals surface area contributed by atoms with Gasteiger partial charge in [-0.25, -0.2) is 0 Å². The van der Waals surface area contributed by atoms with Gasteiger partial charge < -0.3 is 9.47 Å². The van der Waals surface area contributed by atoms with Gasteiger partial charge in [-0.2, -0.15) is 0 Å². The topological polar surface area (TPSA) is 76.7 Å². The first-order chi connectivity index (χ1) is 14.5. The summed E-state index contributed by atoms with van der Waals surface area (Å²) in [4.78, 5) is 24.9. The molecule has 2 rings (SSSR count). The molecule has 0 spiro atoms. The molecule has 0 aliphatic carbocycles. The lowest BCUT2D eigenvalue weighted by Crippen LogP contribution is -2.48. The minimum atomic E-state index is -0.717. The second-order valence-electron chi connectivity index (χ2n) is 6.93. The fourth-order valence-corrected chi connectivity index (χ4v) is 2.82. The van der Waals surface area contributed by atoms with Gasteiger partial charge in [0.05, 0.1) is 0 Å². The lowest BCUT2D eigenvalue weighted by molar-refractivity contribution is -0.128. The monoisotopic (exact) mass is 410 g/mol. The van der Waals surface area contributed by atoms with Crippen LogP contribution in [-0.2, 0) is 4.79 Å². The van der Waals surface area contributed by atoms with Gasteiger partial charge in [0.1, 0.15) is 18.1 Å². The molecule has 2 atom stereocenters. The van der Waals surface area contributed by atoms with E-state index in [4.69, 9.17) is 9.47 Å². The van der Waals surface area contributed by atoms with E-state index < -0.39 is 17.9 Å². The Morgan fingerprint density at radius 2 is 1.73 bits per heavy atom.